The Bertz CT molecular complexity index is 248. The number of benzene rings is 1. The second-order valence-corrected chi connectivity index (χ2v) is 2.87. The molecule has 0 spiro atoms. The summed E-state index contributed by atoms with van der Waals surface area (Å²) in [6.07, 6.45) is 2.06. The minimum atomic E-state index is -1.35. The minimum absolute atomic E-state index is 0.570. The molecular weight excluding hydrogens is 151 g/mol. The van der Waals surface area contributed by atoms with Gasteiger partial charge in [-0.15, -0.1) is 0 Å². The van der Waals surface area contributed by atoms with E-state index in [0.29, 0.717) is 5.46 Å². The molecule has 0 atom stereocenters. The van der Waals surface area contributed by atoms with Crippen molar-refractivity contribution in [2.24, 2.45) is 0 Å². The predicted octanol–water partition coefficient (Wildman–Crippen LogP) is 0.319. The highest BCUT2D eigenvalue weighted by Crippen LogP contribution is 2.00. The van der Waals surface area contributed by atoms with Crippen LogP contribution in [-0.2, 0) is 6.42 Å². The van der Waals surface area contributed by atoms with Gasteiger partial charge in [0, 0.05) is 0 Å². The molecule has 1 rings (SSSR count). The van der Waals surface area contributed by atoms with E-state index >= 15 is 0 Å². The van der Waals surface area contributed by atoms with Crippen LogP contribution in [0.15, 0.2) is 24.3 Å². The maximum absolute atomic E-state index is 8.87. The van der Waals surface area contributed by atoms with Crippen LogP contribution < -0.4 is 5.46 Å². The summed E-state index contributed by atoms with van der Waals surface area (Å²) in [5.74, 6) is 0. The van der Waals surface area contributed by atoms with Crippen LogP contribution in [0.25, 0.3) is 0 Å². The summed E-state index contributed by atoms with van der Waals surface area (Å²) in [5.41, 5.74) is 1.73. The molecule has 2 N–H and O–H groups in total. The number of hydrogen-bond donors (Lipinski definition) is 2. The van der Waals surface area contributed by atoms with E-state index in [4.69, 9.17) is 10.0 Å². The van der Waals surface area contributed by atoms with Crippen LogP contribution in [0.1, 0.15) is 18.9 Å². The van der Waals surface area contributed by atoms with E-state index in [2.05, 4.69) is 6.92 Å². The van der Waals surface area contributed by atoms with Gasteiger partial charge in [-0.25, -0.2) is 0 Å². The van der Waals surface area contributed by atoms with E-state index in [0.717, 1.165) is 18.4 Å². The summed E-state index contributed by atoms with van der Waals surface area (Å²) < 4.78 is 0. The van der Waals surface area contributed by atoms with E-state index in [-0.39, 0.29) is 0 Å². The molecule has 0 saturated heterocycles. The first-order valence-electron chi connectivity index (χ1n) is 4.19. The van der Waals surface area contributed by atoms with E-state index in [1.807, 2.05) is 18.2 Å². The quantitative estimate of drug-likeness (QED) is 0.631. The Morgan fingerprint density at radius 1 is 1.33 bits per heavy atom. The van der Waals surface area contributed by atoms with Gasteiger partial charge in [0.15, 0.2) is 0 Å². The molecule has 1 aromatic carbocycles. The third-order valence-corrected chi connectivity index (χ3v) is 1.79. The molecule has 0 saturated carbocycles. The molecule has 64 valence electrons. The Morgan fingerprint density at radius 3 is 2.67 bits per heavy atom. The van der Waals surface area contributed by atoms with Crippen LogP contribution in [0.4, 0.5) is 0 Å². The second-order valence-electron chi connectivity index (χ2n) is 2.87. The van der Waals surface area contributed by atoms with Crippen LogP contribution >= 0.6 is 0 Å². The maximum atomic E-state index is 8.87. The molecular formula is C9H13BO2. The molecule has 0 unspecified atom stereocenters. The zero-order chi connectivity index (χ0) is 8.97. The predicted molar refractivity (Wildman–Crippen MR) is 50.3 cm³/mol. The molecule has 0 radical (unpaired) electrons. The Balaban J connectivity index is 2.81. The molecule has 0 heterocycles. The normalized spacial score (nSPS) is 9.92. The van der Waals surface area contributed by atoms with Crippen molar-refractivity contribution in [2.75, 3.05) is 0 Å². The summed E-state index contributed by atoms with van der Waals surface area (Å²) >= 11 is 0. The Labute approximate surface area is 73.0 Å². The molecule has 0 bridgehead atoms. The van der Waals surface area contributed by atoms with Crippen LogP contribution in [0.3, 0.4) is 0 Å². The van der Waals surface area contributed by atoms with Crippen LogP contribution in [0.5, 0.6) is 0 Å². The average Bonchev–Trinajstić information content (AvgIpc) is 2.05. The summed E-state index contributed by atoms with van der Waals surface area (Å²) in [6, 6.07) is 7.38. The fraction of sp³-hybridized carbons (Fsp3) is 0.333. The fourth-order valence-electron chi connectivity index (χ4n) is 1.20. The number of hydrogen-bond acceptors (Lipinski definition) is 2. The maximum Gasteiger partial charge on any atom is 0.488 e. The van der Waals surface area contributed by atoms with Crippen molar-refractivity contribution < 1.29 is 10.0 Å². The molecule has 3 heteroatoms. The molecule has 0 aliphatic rings. The van der Waals surface area contributed by atoms with Gasteiger partial charge >= 0.3 is 7.12 Å². The summed E-state index contributed by atoms with van der Waals surface area (Å²) in [5, 5.41) is 17.7. The fourth-order valence-corrected chi connectivity index (χ4v) is 1.20. The van der Waals surface area contributed by atoms with Crippen molar-refractivity contribution in [3.8, 4) is 0 Å². The van der Waals surface area contributed by atoms with Crippen molar-refractivity contribution in [1.82, 2.24) is 0 Å². The Morgan fingerprint density at radius 2 is 2.08 bits per heavy atom. The van der Waals surface area contributed by atoms with Gasteiger partial charge in [0.05, 0.1) is 0 Å². The van der Waals surface area contributed by atoms with Gasteiger partial charge in [-0.05, 0) is 17.4 Å². The smallest absolute Gasteiger partial charge is 0.423 e. The highest BCUT2D eigenvalue weighted by molar-refractivity contribution is 6.58. The highest BCUT2D eigenvalue weighted by Gasteiger charge is 2.09. The first-order chi connectivity index (χ1) is 5.74. The van der Waals surface area contributed by atoms with Crippen LogP contribution in [0, 0.1) is 0 Å². The number of rotatable bonds is 3. The average molecular weight is 164 g/mol. The van der Waals surface area contributed by atoms with Crippen molar-refractivity contribution in [3.63, 3.8) is 0 Å². The largest absolute Gasteiger partial charge is 0.488 e. The van der Waals surface area contributed by atoms with E-state index in [9.17, 15) is 0 Å². The lowest BCUT2D eigenvalue weighted by atomic mass is 9.79. The van der Waals surface area contributed by atoms with Gasteiger partial charge < -0.3 is 10.0 Å². The van der Waals surface area contributed by atoms with Crippen LogP contribution in [-0.4, -0.2) is 17.2 Å². The van der Waals surface area contributed by atoms with Crippen molar-refractivity contribution in [2.45, 2.75) is 19.8 Å². The molecule has 2 nitrogen and oxygen atoms in total. The second kappa shape index (κ2) is 4.29. The standard InChI is InChI=1S/C9H13BO2/c1-2-4-8-5-3-6-9(7-8)10(11)12/h3,5-7,11-12H,2,4H2,1H3. The molecule has 0 fully saturated rings. The third kappa shape index (κ3) is 2.36. The van der Waals surface area contributed by atoms with E-state index in [1.54, 1.807) is 6.07 Å². The summed E-state index contributed by atoms with van der Waals surface area (Å²) in [7, 11) is -1.35. The Kier molecular flexibility index (Phi) is 3.32. The van der Waals surface area contributed by atoms with Gasteiger partial charge in [0.1, 0.15) is 0 Å². The SMILES string of the molecule is CCCc1cccc(B(O)O)c1. The molecule has 0 aromatic heterocycles. The molecule has 0 aliphatic heterocycles. The molecule has 0 amide bonds. The summed E-state index contributed by atoms with van der Waals surface area (Å²) in [4.78, 5) is 0. The van der Waals surface area contributed by atoms with E-state index in [1.165, 1.54) is 0 Å². The topological polar surface area (TPSA) is 40.5 Å². The van der Waals surface area contributed by atoms with Gasteiger partial charge in [-0.3, -0.25) is 0 Å². The van der Waals surface area contributed by atoms with Crippen molar-refractivity contribution >= 4 is 12.6 Å². The first kappa shape index (κ1) is 9.29. The van der Waals surface area contributed by atoms with Crippen molar-refractivity contribution in [3.05, 3.63) is 29.8 Å². The lowest BCUT2D eigenvalue weighted by molar-refractivity contribution is 0.425. The molecule has 0 aliphatic carbocycles. The van der Waals surface area contributed by atoms with Crippen LogP contribution in [0.2, 0.25) is 0 Å². The molecule has 1 aromatic rings. The Hall–Kier alpha value is -0.795. The lowest BCUT2D eigenvalue weighted by Gasteiger charge is -2.02. The first-order valence-corrected chi connectivity index (χ1v) is 4.19. The monoisotopic (exact) mass is 164 g/mol. The number of aryl methyl sites for hydroxylation is 1. The van der Waals surface area contributed by atoms with E-state index < -0.39 is 7.12 Å². The van der Waals surface area contributed by atoms with Gasteiger partial charge in [-0.2, -0.15) is 0 Å². The lowest BCUT2D eigenvalue weighted by Crippen LogP contribution is -2.29. The van der Waals surface area contributed by atoms with Gasteiger partial charge in [0.2, 0.25) is 0 Å². The third-order valence-electron chi connectivity index (χ3n) is 1.79. The zero-order valence-electron chi connectivity index (χ0n) is 7.20. The zero-order valence-corrected chi connectivity index (χ0v) is 7.20. The van der Waals surface area contributed by atoms with Crippen molar-refractivity contribution in [1.29, 1.82) is 0 Å². The van der Waals surface area contributed by atoms with Gasteiger partial charge in [-0.1, -0.05) is 37.6 Å². The highest BCUT2D eigenvalue weighted by atomic mass is 16.4. The summed E-state index contributed by atoms with van der Waals surface area (Å²) in [6.45, 7) is 2.10. The minimum Gasteiger partial charge on any atom is -0.423 e. The molecule has 12 heavy (non-hydrogen) atoms. The van der Waals surface area contributed by atoms with Gasteiger partial charge in [0.25, 0.3) is 0 Å².